The van der Waals surface area contributed by atoms with Gasteiger partial charge in [-0.2, -0.15) is 0 Å². The number of aromatic nitrogens is 1. The van der Waals surface area contributed by atoms with E-state index in [0.29, 0.717) is 11.1 Å². The molecular weight excluding hydrogens is 432 g/mol. The van der Waals surface area contributed by atoms with Gasteiger partial charge in [0, 0.05) is 22.8 Å². The van der Waals surface area contributed by atoms with Gasteiger partial charge in [0.25, 0.3) is 10.0 Å². The Bertz CT molecular complexity index is 1110. The molecule has 2 N–H and O–H groups in total. The predicted molar refractivity (Wildman–Crippen MR) is 138 cm³/mol. The molecule has 0 aliphatic carbocycles. The molecule has 2 aromatic carbocycles. The van der Waals surface area contributed by atoms with Crippen molar-refractivity contribution in [1.29, 1.82) is 0 Å². The largest absolute Gasteiger partial charge is 0.289 e. The van der Waals surface area contributed by atoms with Gasteiger partial charge in [-0.3, -0.25) is 9.52 Å². The topological polar surface area (TPSA) is 77.4 Å². The van der Waals surface area contributed by atoms with Crippen molar-refractivity contribution in [3.8, 4) is 0 Å². The summed E-state index contributed by atoms with van der Waals surface area (Å²) in [4.78, 5) is 16.1. The number of carbonyl (C=O) groups excluding carboxylic acids is 1. The number of hydrogen-bond donors (Lipinski definition) is 1. The van der Waals surface area contributed by atoms with Gasteiger partial charge < -0.3 is 0 Å². The van der Waals surface area contributed by atoms with E-state index in [-0.39, 0.29) is 16.4 Å². The quantitative estimate of drug-likeness (QED) is 0.429. The molecule has 3 aromatic rings. The Labute approximate surface area is 200 Å². The summed E-state index contributed by atoms with van der Waals surface area (Å²) < 4.78 is 28.1. The van der Waals surface area contributed by atoms with E-state index in [1.165, 1.54) is 0 Å². The zero-order chi connectivity index (χ0) is 25.6. The number of H-pyrrole nitrogens is 1. The molecule has 0 aliphatic rings. The number of hydrogen-bond acceptors (Lipinski definition) is 3. The second kappa shape index (κ2) is 15.0. The smallest absolute Gasteiger partial charge is 0.261 e. The van der Waals surface area contributed by atoms with Crippen LogP contribution in [0.2, 0.25) is 0 Å². The lowest BCUT2D eigenvalue weighted by atomic mass is 9.98. The van der Waals surface area contributed by atoms with E-state index in [1.807, 2.05) is 62.3 Å². The lowest BCUT2D eigenvalue weighted by molar-refractivity contribution is -0.378. The van der Waals surface area contributed by atoms with Crippen LogP contribution in [0.1, 0.15) is 74.2 Å². The van der Waals surface area contributed by atoms with Gasteiger partial charge >= 0.3 is 0 Å². The average Bonchev–Trinajstić information content (AvgIpc) is 2.84. The first-order valence-electron chi connectivity index (χ1n) is 11.5. The van der Waals surface area contributed by atoms with E-state index in [1.54, 1.807) is 60.9 Å². The zero-order valence-corrected chi connectivity index (χ0v) is 22.2. The van der Waals surface area contributed by atoms with Crippen LogP contribution >= 0.6 is 0 Å². The average molecular weight is 472 g/mol. The second-order valence-corrected chi connectivity index (χ2v) is 8.22. The standard InChI is InChI=1S/C21H20N2O3S.3C2H6/c1-14-4-7-17(8-5-14)27(25,26)23-20-9-6-15(2)12-19(20)21(24)18-10-11-22-13-16(18)3;3*1-2/h4-13,23H,1-3H3;3*1-2H3/p+1. The molecule has 0 saturated carbocycles. The van der Waals surface area contributed by atoms with Gasteiger partial charge in [-0.15, -0.1) is 0 Å². The highest BCUT2D eigenvalue weighted by atomic mass is 32.2. The molecule has 5 nitrogen and oxygen atoms in total. The monoisotopic (exact) mass is 471 g/mol. The minimum atomic E-state index is -3.80. The summed E-state index contributed by atoms with van der Waals surface area (Å²) in [7, 11) is -3.80. The predicted octanol–water partition coefficient (Wildman–Crippen LogP) is 6.54. The molecule has 0 bridgehead atoms. The number of rotatable bonds is 5. The Hall–Kier alpha value is -2.99. The molecule has 1 heterocycles. The van der Waals surface area contributed by atoms with Crippen LogP contribution in [0.3, 0.4) is 0 Å². The van der Waals surface area contributed by atoms with Crippen molar-refractivity contribution >= 4 is 21.5 Å². The highest BCUT2D eigenvalue weighted by molar-refractivity contribution is 7.92. The highest BCUT2D eigenvalue weighted by Crippen LogP contribution is 2.25. The Morgan fingerprint density at radius 3 is 1.85 bits per heavy atom. The first-order valence-corrected chi connectivity index (χ1v) is 13.0. The molecule has 0 unspecified atom stereocenters. The van der Waals surface area contributed by atoms with Gasteiger partial charge in [-0.05, 0) is 45.0 Å². The molecule has 0 atom stereocenters. The first kappa shape index (κ1) is 30.0. The van der Waals surface area contributed by atoms with Crippen molar-refractivity contribution in [3.63, 3.8) is 0 Å². The third-order valence-electron chi connectivity index (χ3n) is 4.31. The first-order chi connectivity index (χ1) is 15.8. The molecule has 33 heavy (non-hydrogen) atoms. The maximum Gasteiger partial charge on any atom is 0.261 e. The third kappa shape index (κ3) is 8.46. The molecule has 6 heteroatoms. The number of sulfonamides is 1. The summed E-state index contributed by atoms with van der Waals surface area (Å²) in [5.74, 6) is -0.230. The molecule has 0 fully saturated rings. The van der Waals surface area contributed by atoms with Gasteiger partial charge in [0.1, 0.15) is 0 Å². The summed E-state index contributed by atoms with van der Waals surface area (Å²) in [5, 5.41) is 0. The summed E-state index contributed by atoms with van der Waals surface area (Å²) in [6, 6.07) is 13.4. The molecule has 180 valence electrons. The Balaban J connectivity index is 0.00000158. The Morgan fingerprint density at radius 1 is 0.758 bits per heavy atom. The SMILES string of the molecule is CC.CC.CC.Cc1ccc(S(=O)(=O)Nc2ccc(C)cc2C(=O)c2cc[nH+]cc2C)cc1. The molecule has 0 radical (unpaired) electrons. The normalized spacial score (nSPS) is 9.73. The number of aromatic amines is 1. The highest BCUT2D eigenvalue weighted by Gasteiger charge is 2.21. The van der Waals surface area contributed by atoms with Crippen molar-refractivity contribution in [1.82, 2.24) is 0 Å². The molecule has 0 amide bonds. The van der Waals surface area contributed by atoms with Crippen LogP contribution in [-0.4, -0.2) is 14.2 Å². The molecule has 1 aromatic heterocycles. The molecule has 0 saturated heterocycles. The second-order valence-electron chi connectivity index (χ2n) is 6.54. The molecule has 0 spiro atoms. The van der Waals surface area contributed by atoms with E-state index >= 15 is 0 Å². The van der Waals surface area contributed by atoms with E-state index < -0.39 is 10.0 Å². The van der Waals surface area contributed by atoms with Gasteiger partial charge in [0.2, 0.25) is 0 Å². The van der Waals surface area contributed by atoms with Gasteiger partial charge in [0.15, 0.2) is 18.2 Å². The van der Waals surface area contributed by atoms with Gasteiger partial charge in [0.05, 0.1) is 10.6 Å². The lowest BCUT2D eigenvalue weighted by Gasteiger charge is -2.13. The summed E-state index contributed by atoms with van der Waals surface area (Å²) in [5.41, 5.74) is 3.73. The van der Waals surface area contributed by atoms with E-state index in [4.69, 9.17) is 0 Å². The summed E-state index contributed by atoms with van der Waals surface area (Å²) >= 11 is 0. The number of nitrogens with one attached hydrogen (secondary N) is 2. The van der Waals surface area contributed by atoms with Crippen LogP contribution in [0, 0.1) is 20.8 Å². The lowest BCUT2D eigenvalue weighted by Crippen LogP contribution is -2.17. The number of anilines is 1. The van der Waals surface area contributed by atoms with Crippen molar-refractivity contribution in [2.75, 3.05) is 4.72 Å². The van der Waals surface area contributed by atoms with Crippen LogP contribution in [-0.2, 0) is 10.0 Å². The van der Waals surface area contributed by atoms with E-state index in [0.717, 1.165) is 16.7 Å². The maximum absolute atomic E-state index is 13.1. The van der Waals surface area contributed by atoms with Crippen LogP contribution in [0.4, 0.5) is 5.69 Å². The fourth-order valence-electron chi connectivity index (χ4n) is 2.77. The number of aryl methyl sites for hydroxylation is 3. The fourth-order valence-corrected chi connectivity index (χ4v) is 3.85. The van der Waals surface area contributed by atoms with E-state index in [9.17, 15) is 13.2 Å². The van der Waals surface area contributed by atoms with Crippen LogP contribution in [0.25, 0.3) is 0 Å². The number of pyridine rings is 1. The number of ketones is 1. The summed E-state index contributed by atoms with van der Waals surface area (Å²) in [6.07, 6.45) is 3.41. The zero-order valence-electron chi connectivity index (χ0n) is 21.4. The Kier molecular flexibility index (Phi) is 13.6. The third-order valence-corrected chi connectivity index (χ3v) is 5.69. The Morgan fingerprint density at radius 2 is 1.30 bits per heavy atom. The van der Waals surface area contributed by atoms with E-state index in [2.05, 4.69) is 9.71 Å². The van der Waals surface area contributed by atoms with Crippen molar-refractivity contribution in [3.05, 3.63) is 88.7 Å². The van der Waals surface area contributed by atoms with Crippen molar-refractivity contribution in [2.45, 2.75) is 67.2 Å². The van der Waals surface area contributed by atoms with Crippen molar-refractivity contribution in [2.24, 2.45) is 0 Å². The maximum atomic E-state index is 13.1. The van der Waals surface area contributed by atoms with Gasteiger partial charge in [-0.1, -0.05) is 70.9 Å². The fraction of sp³-hybridized carbons (Fsp3) is 0.333. The summed E-state index contributed by atoms with van der Waals surface area (Å²) in [6.45, 7) is 17.6. The molecule has 0 aliphatic heterocycles. The van der Waals surface area contributed by atoms with Crippen LogP contribution in [0.15, 0.2) is 65.8 Å². The number of benzene rings is 2. The van der Waals surface area contributed by atoms with Crippen LogP contribution < -0.4 is 9.71 Å². The van der Waals surface area contributed by atoms with Crippen molar-refractivity contribution < 1.29 is 18.2 Å². The minimum Gasteiger partial charge on any atom is -0.289 e. The number of carbonyl (C=O) groups is 1. The molecular formula is C27H39N2O3S+. The van der Waals surface area contributed by atoms with Crippen LogP contribution in [0.5, 0.6) is 0 Å². The van der Waals surface area contributed by atoms with Gasteiger partial charge in [-0.25, -0.2) is 13.4 Å². The minimum absolute atomic E-state index is 0.151. The molecule has 3 rings (SSSR count).